The maximum Gasteiger partial charge on any atom is 0.330 e. The Balaban J connectivity index is 0.000000540. The third-order valence-electron chi connectivity index (χ3n) is 5.42. The molecule has 4 unspecified atom stereocenters. The van der Waals surface area contributed by atoms with Crippen LogP contribution in [0.2, 0.25) is 0 Å². The summed E-state index contributed by atoms with van der Waals surface area (Å²) in [6, 6.07) is 0. The van der Waals surface area contributed by atoms with Crippen LogP contribution in [0.4, 0.5) is 0 Å². The third-order valence-corrected chi connectivity index (χ3v) is 5.42. The quantitative estimate of drug-likeness (QED) is 0.372. The number of hydrogen-bond acceptors (Lipinski definition) is 4. The van der Waals surface area contributed by atoms with Crippen molar-refractivity contribution >= 4 is 17.9 Å². The molecule has 1 fully saturated rings. The molecule has 1 aliphatic rings. The molecule has 0 amide bonds. The van der Waals surface area contributed by atoms with E-state index in [1.807, 2.05) is 0 Å². The lowest BCUT2D eigenvalue weighted by molar-refractivity contribution is -0.148. The number of rotatable bonds is 11. The van der Waals surface area contributed by atoms with Crippen LogP contribution in [0.15, 0.2) is 12.7 Å². The van der Waals surface area contributed by atoms with Crippen molar-refractivity contribution in [2.45, 2.75) is 91.1 Å². The van der Waals surface area contributed by atoms with Crippen molar-refractivity contribution in [1.82, 2.24) is 0 Å². The first-order chi connectivity index (χ1) is 13.3. The van der Waals surface area contributed by atoms with Crippen LogP contribution in [0, 0.1) is 17.8 Å². The van der Waals surface area contributed by atoms with Crippen molar-refractivity contribution in [1.29, 1.82) is 0 Å². The molecule has 28 heavy (non-hydrogen) atoms. The van der Waals surface area contributed by atoms with Gasteiger partial charge in [0.1, 0.15) is 6.10 Å². The van der Waals surface area contributed by atoms with Crippen molar-refractivity contribution in [3.05, 3.63) is 12.7 Å². The minimum absolute atomic E-state index is 0.0623. The zero-order chi connectivity index (χ0) is 21.5. The normalized spacial score (nSPS) is 20.8. The number of carbonyl (C=O) groups excluding carboxylic acids is 1. The molecular weight excluding hydrogens is 360 g/mol. The number of hydrogen-bond donors (Lipinski definition) is 2. The van der Waals surface area contributed by atoms with E-state index in [0.717, 1.165) is 12.8 Å². The van der Waals surface area contributed by atoms with E-state index in [2.05, 4.69) is 27.4 Å². The molecule has 0 bridgehead atoms. The second-order valence-electron chi connectivity index (χ2n) is 7.56. The summed E-state index contributed by atoms with van der Waals surface area (Å²) in [5.74, 6) is -2.22. The van der Waals surface area contributed by atoms with Gasteiger partial charge in [-0.05, 0) is 38.0 Å². The van der Waals surface area contributed by atoms with Gasteiger partial charge in [0.2, 0.25) is 0 Å². The van der Waals surface area contributed by atoms with Crippen molar-refractivity contribution in [2.75, 3.05) is 0 Å². The summed E-state index contributed by atoms with van der Waals surface area (Å²) in [6.07, 6.45) is 10.4. The van der Waals surface area contributed by atoms with Gasteiger partial charge in [-0.1, -0.05) is 59.5 Å². The number of ether oxygens (including phenoxy) is 1. The summed E-state index contributed by atoms with van der Waals surface area (Å²) in [5, 5.41) is 17.3. The maximum absolute atomic E-state index is 11.1. The van der Waals surface area contributed by atoms with Gasteiger partial charge in [0.25, 0.3) is 0 Å². The molecule has 6 nitrogen and oxygen atoms in total. The van der Waals surface area contributed by atoms with Gasteiger partial charge in [-0.25, -0.2) is 4.79 Å². The summed E-state index contributed by atoms with van der Waals surface area (Å²) in [4.78, 5) is 32.2. The summed E-state index contributed by atoms with van der Waals surface area (Å²) < 4.78 is 5.30. The molecule has 0 aromatic heterocycles. The first-order valence-electron chi connectivity index (χ1n) is 10.6. The third kappa shape index (κ3) is 11.1. The van der Waals surface area contributed by atoms with E-state index in [-0.39, 0.29) is 12.1 Å². The van der Waals surface area contributed by atoms with E-state index in [1.54, 1.807) is 0 Å². The van der Waals surface area contributed by atoms with Gasteiger partial charge < -0.3 is 14.9 Å². The smallest absolute Gasteiger partial charge is 0.330 e. The average molecular weight is 399 g/mol. The average Bonchev–Trinajstić information content (AvgIpc) is 2.70. The van der Waals surface area contributed by atoms with Crippen molar-refractivity contribution in [3.63, 3.8) is 0 Å². The van der Waals surface area contributed by atoms with E-state index < -0.39 is 23.8 Å². The SMILES string of the molecule is C=CC(=O)OC(CC)CC(CC)CCCC.O=C(O)C1CCCC(C(=O)O)C1. The molecule has 1 saturated carbocycles. The molecule has 1 aliphatic carbocycles. The van der Waals surface area contributed by atoms with Crippen LogP contribution >= 0.6 is 0 Å². The fourth-order valence-electron chi connectivity index (χ4n) is 3.50. The van der Waals surface area contributed by atoms with Crippen molar-refractivity contribution < 1.29 is 29.3 Å². The first kappa shape index (κ1) is 26.1. The molecular formula is C22H38O6. The number of carboxylic acids is 2. The largest absolute Gasteiger partial charge is 0.481 e. The van der Waals surface area contributed by atoms with Gasteiger partial charge in [0.15, 0.2) is 0 Å². The Kier molecular flexibility index (Phi) is 14.1. The zero-order valence-corrected chi connectivity index (χ0v) is 17.7. The monoisotopic (exact) mass is 398 g/mol. The van der Waals surface area contributed by atoms with Crippen molar-refractivity contribution in [3.8, 4) is 0 Å². The first-order valence-corrected chi connectivity index (χ1v) is 10.6. The molecule has 0 heterocycles. The molecule has 0 radical (unpaired) electrons. The molecule has 0 aliphatic heterocycles. The van der Waals surface area contributed by atoms with Gasteiger partial charge in [0, 0.05) is 6.08 Å². The standard InChI is InChI=1S/C14H26O2.C8H12O4/c1-5-9-10-12(6-2)11-13(7-3)16-14(15)8-4;9-7(10)5-2-1-3-6(4-5)8(11)12/h8,12-13H,4-7,9-11H2,1-3H3;5-6H,1-4H2,(H,9,10)(H,11,12). The summed E-state index contributed by atoms with van der Waals surface area (Å²) in [6.45, 7) is 9.91. The lowest BCUT2D eigenvalue weighted by atomic mass is 9.81. The Morgan fingerprint density at radius 3 is 2.04 bits per heavy atom. The minimum atomic E-state index is -0.860. The van der Waals surface area contributed by atoms with Crippen LogP contribution < -0.4 is 0 Å². The van der Waals surface area contributed by atoms with Gasteiger partial charge in [-0.15, -0.1) is 0 Å². The lowest BCUT2D eigenvalue weighted by Gasteiger charge is -2.23. The highest BCUT2D eigenvalue weighted by Gasteiger charge is 2.30. The second-order valence-corrected chi connectivity index (χ2v) is 7.56. The van der Waals surface area contributed by atoms with E-state index >= 15 is 0 Å². The van der Waals surface area contributed by atoms with Gasteiger partial charge in [-0.3, -0.25) is 9.59 Å². The fraction of sp³-hybridized carbons (Fsp3) is 0.773. The Bertz CT molecular complexity index is 467. The van der Waals surface area contributed by atoms with Crippen LogP contribution in [-0.4, -0.2) is 34.2 Å². The lowest BCUT2D eigenvalue weighted by Crippen LogP contribution is -2.26. The highest BCUT2D eigenvalue weighted by molar-refractivity contribution is 5.81. The zero-order valence-electron chi connectivity index (χ0n) is 17.7. The Morgan fingerprint density at radius 2 is 1.64 bits per heavy atom. The number of esters is 1. The van der Waals surface area contributed by atoms with E-state index in [0.29, 0.717) is 31.6 Å². The fourth-order valence-corrected chi connectivity index (χ4v) is 3.50. The molecule has 1 rings (SSSR count). The van der Waals surface area contributed by atoms with Crippen LogP contribution in [-0.2, 0) is 19.1 Å². The number of carbonyl (C=O) groups is 3. The van der Waals surface area contributed by atoms with Crippen LogP contribution in [0.1, 0.15) is 85.0 Å². The predicted octanol–water partition coefficient (Wildman–Crippen LogP) is 5.06. The van der Waals surface area contributed by atoms with E-state index in [1.165, 1.54) is 31.8 Å². The van der Waals surface area contributed by atoms with Crippen LogP contribution in [0.25, 0.3) is 0 Å². The van der Waals surface area contributed by atoms with Gasteiger partial charge >= 0.3 is 17.9 Å². The topological polar surface area (TPSA) is 101 Å². The summed E-state index contributed by atoms with van der Waals surface area (Å²) in [5.41, 5.74) is 0. The van der Waals surface area contributed by atoms with Crippen LogP contribution in [0.5, 0.6) is 0 Å². The highest BCUT2D eigenvalue weighted by atomic mass is 16.5. The Labute approximate surface area is 169 Å². The molecule has 0 saturated heterocycles. The van der Waals surface area contributed by atoms with Gasteiger partial charge in [-0.2, -0.15) is 0 Å². The molecule has 162 valence electrons. The summed E-state index contributed by atoms with van der Waals surface area (Å²) >= 11 is 0. The predicted molar refractivity (Wildman–Crippen MR) is 109 cm³/mol. The number of aliphatic carboxylic acids is 2. The van der Waals surface area contributed by atoms with E-state index in [4.69, 9.17) is 14.9 Å². The van der Waals surface area contributed by atoms with Gasteiger partial charge in [0.05, 0.1) is 11.8 Å². The molecule has 0 aromatic rings. The molecule has 0 spiro atoms. The molecule has 2 N–H and O–H groups in total. The molecule has 6 heteroatoms. The number of unbranched alkanes of at least 4 members (excludes halogenated alkanes) is 1. The molecule has 0 aromatic carbocycles. The van der Waals surface area contributed by atoms with Crippen molar-refractivity contribution in [2.24, 2.45) is 17.8 Å². The number of carboxylic acid groups (broad SMARTS) is 2. The maximum atomic E-state index is 11.1. The summed E-state index contributed by atoms with van der Waals surface area (Å²) in [7, 11) is 0. The highest BCUT2D eigenvalue weighted by Crippen LogP contribution is 2.29. The minimum Gasteiger partial charge on any atom is -0.481 e. The Morgan fingerprint density at radius 1 is 1.07 bits per heavy atom. The molecule has 4 atom stereocenters. The van der Waals surface area contributed by atoms with Crippen LogP contribution in [0.3, 0.4) is 0 Å². The van der Waals surface area contributed by atoms with E-state index in [9.17, 15) is 14.4 Å². The Hall–Kier alpha value is -1.85. The second kappa shape index (κ2) is 15.1.